The van der Waals surface area contributed by atoms with Crippen molar-refractivity contribution >= 4 is 0 Å². The summed E-state index contributed by atoms with van der Waals surface area (Å²) in [7, 11) is 0. The maximum atomic E-state index is 2.39. The minimum atomic E-state index is 0.904. The van der Waals surface area contributed by atoms with Gasteiger partial charge in [0.15, 0.2) is 0 Å². The van der Waals surface area contributed by atoms with Gasteiger partial charge in [-0.25, -0.2) is 0 Å². The van der Waals surface area contributed by atoms with Crippen LogP contribution in [-0.2, 0) is 0 Å². The zero-order valence-electron chi connectivity index (χ0n) is 7.31. The molecule has 2 aliphatic carbocycles. The van der Waals surface area contributed by atoms with E-state index in [4.69, 9.17) is 0 Å². The molecule has 0 nitrogen and oxygen atoms in total. The van der Waals surface area contributed by atoms with Crippen molar-refractivity contribution in [2.45, 2.75) is 27.7 Å². The van der Waals surface area contributed by atoms with E-state index in [2.05, 4.69) is 27.7 Å². The largest absolute Gasteiger partial charge is 0.0701 e. The number of hydrogen-bond acceptors (Lipinski definition) is 0. The fraction of sp³-hybridized carbons (Fsp3) is 0.800. The van der Waals surface area contributed by atoms with Crippen LogP contribution in [0.5, 0.6) is 0 Å². The molecule has 4 atom stereocenters. The van der Waals surface area contributed by atoms with E-state index in [9.17, 15) is 0 Å². The predicted molar refractivity (Wildman–Crippen MR) is 43.7 cm³/mol. The fourth-order valence-electron chi connectivity index (χ4n) is 2.85. The van der Waals surface area contributed by atoms with Crippen LogP contribution in [0, 0.1) is 23.7 Å². The lowest BCUT2D eigenvalue weighted by molar-refractivity contribution is 0.115. The highest BCUT2D eigenvalue weighted by Gasteiger charge is 2.50. The Kier molecular flexibility index (Phi) is 1.07. The Balaban J connectivity index is 2.27. The van der Waals surface area contributed by atoms with Crippen LogP contribution < -0.4 is 0 Å². The van der Waals surface area contributed by atoms with Gasteiger partial charge in [-0.1, -0.05) is 31.9 Å². The fourth-order valence-corrected chi connectivity index (χ4v) is 2.85. The summed E-state index contributed by atoms with van der Waals surface area (Å²) in [6, 6.07) is 0. The first-order chi connectivity index (χ1) is 4.64. The zero-order valence-corrected chi connectivity index (χ0v) is 7.31. The van der Waals surface area contributed by atoms with Gasteiger partial charge in [0.2, 0.25) is 0 Å². The molecule has 1 fully saturated rings. The van der Waals surface area contributed by atoms with E-state index < -0.39 is 0 Å². The maximum Gasteiger partial charge on any atom is -0.0103 e. The molecule has 10 heavy (non-hydrogen) atoms. The van der Waals surface area contributed by atoms with Gasteiger partial charge in [-0.15, -0.1) is 0 Å². The predicted octanol–water partition coefficient (Wildman–Crippen LogP) is 2.85. The van der Waals surface area contributed by atoms with Crippen LogP contribution in [0.2, 0.25) is 0 Å². The minimum absolute atomic E-state index is 0.904. The Hall–Kier alpha value is -0.260. The van der Waals surface area contributed by atoms with Crippen molar-refractivity contribution in [2.24, 2.45) is 23.7 Å². The molecule has 0 amide bonds. The molecule has 0 heteroatoms. The van der Waals surface area contributed by atoms with E-state index in [1.807, 2.05) is 0 Å². The van der Waals surface area contributed by atoms with E-state index in [0.717, 1.165) is 23.7 Å². The molecular formula is C10H16. The second-order valence-corrected chi connectivity index (χ2v) is 4.10. The van der Waals surface area contributed by atoms with E-state index >= 15 is 0 Å². The Morgan fingerprint density at radius 1 is 1.00 bits per heavy atom. The summed E-state index contributed by atoms with van der Waals surface area (Å²) in [6.07, 6.45) is 0. The molecule has 0 aromatic rings. The van der Waals surface area contributed by atoms with Gasteiger partial charge in [0.1, 0.15) is 0 Å². The second kappa shape index (κ2) is 1.66. The van der Waals surface area contributed by atoms with Gasteiger partial charge in [-0.3, -0.25) is 0 Å². The van der Waals surface area contributed by atoms with E-state index in [-0.39, 0.29) is 0 Å². The van der Waals surface area contributed by atoms with Crippen LogP contribution in [0.3, 0.4) is 0 Å². The topological polar surface area (TPSA) is 0 Å². The van der Waals surface area contributed by atoms with Crippen molar-refractivity contribution in [1.29, 1.82) is 0 Å². The molecule has 56 valence electrons. The SMILES string of the molecule is CC1=C2C(C)C(C)C2C1C. The molecular weight excluding hydrogens is 120 g/mol. The number of allylic oxidation sites excluding steroid dienone is 2. The highest BCUT2D eigenvalue weighted by atomic mass is 14.5. The lowest BCUT2D eigenvalue weighted by atomic mass is 9.48. The molecule has 0 saturated heterocycles. The number of fused-ring (bicyclic) bond motifs is 1. The first kappa shape index (κ1) is 6.45. The van der Waals surface area contributed by atoms with Crippen molar-refractivity contribution in [2.75, 3.05) is 0 Å². The Morgan fingerprint density at radius 3 is 2.10 bits per heavy atom. The summed E-state index contributed by atoms with van der Waals surface area (Å²) >= 11 is 0. The molecule has 0 aromatic heterocycles. The van der Waals surface area contributed by atoms with Gasteiger partial charge in [-0.05, 0) is 30.6 Å². The van der Waals surface area contributed by atoms with Gasteiger partial charge in [0.05, 0.1) is 0 Å². The molecule has 0 bridgehead atoms. The van der Waals surface area contributed by atoms with Crippen LogP contribution in [0.15, 0.2) is 11.1 Å². The van der Waals surface area contributed by atoms with Crippen molar-refractivity contribution in [1.82, 2.24) is 0 Å². The first-order valence-electron chi connectivity index (χ1n) is 4.35. The normalized spacial score (nSPS) is 51.6. The minimum Gasteiger partial charge on any atom is -0.0701 e. The van der Waals surface area contributed by atoms with Crippen LogP contribution in [-0.4, -0.2) is 0 Å². The van der Waals surface area contributed by atoms with Crippen molar-refractivity contribution in [3.05, 3.63) is 11.1 Å². The smallest absolute Gasteiger partial charge is 0.0103 e. The van der Waals surface area contributed by atoms with Gasteiger partial charge in [0.25, 0.3) is 0 Å². The summed E-state index contributed by atoms with van der Waals surface area (Å²) in [6.45, 7) is 9.43. The summed E-state index contributed by atoms with van der Waals surface area (Å²) in [5.74, 6) is 3.76. The quantitative estimate of drug-likeness (QED) is 0.449. The standard InChI is InChI=1S/C10H16/c1-5-6(2)10-8(4)7(3)9(5)10/h5-7,9H,1-4H3. The van der Waals surface area contributed by atoms with Gasteiger partial charge in [-0.2, -0.15) is 0 Å². The molecule has 0 radical (unpaired) electrons. The molecule has 0 heterocycles. The average Bonchev–Trinajstić information content (AvgIpc) is 1.95. The zero-order chi connectivity index (χ0) is 7.46. The molecule has 0 N–H and O–H groups in total. The second-order valence-electron chi connectivity index (χ2n) is 4.10. The Morgan fingerprint density at radius 2 is 1.60 bits per heavy atom. The van der Waals surface area contributed by atoms with E-state index in [1.54, 1.807) is 11.1 Å². The lowest BCUT2D eigenvalue weighted by Gasteiger charge is -2.57. The summed E-state index contributed by atoms with van der Waals surface area (Å²) < 4.78 is 0. The molecule has 2 rings (SSSR count). The monoisotopic (exact) mass is 136 g/mol. The third kappa shape index (κ3) is 0.457. The van der Waals surface area contributed by atoms with Crippen LogP contribution >= 0.6 is 0 Å². The third-order valence-electron chi connectivity index (χ3n) is 3.88. The molecule has 0 spiro atoms. The molecule has 1 saturated carbocycles. The van der Waals surface area contributed by atoms with E-state index in [0.29, 0.717) is 0 Å². The third-order valence-corrected chi connectivity index (χ3v) is 3.88. The van der Waals surface area contributed by atoms with Crippen LogP contribution in [0.4, 0.5) is 0 Å². The van der Waals surface area contributed by atoms with Gasteiger partial charge in [0, 0.05) is 0 Å². The van der Waals surface area contributed by atoms with Gasteiger partial charge < -0.3 is 0 Å². The molecule has 0 aromatic carbocycles. The summed E-state index contributed by atoms with van der Waals surface area (Å²) in [5, 5.41) is 0. The maximum absolute atomic E-state index is 2.39. The Bertz CT molecular complexity index is 200. The number of hydrogen-bond donors (Lipinski definition) is 0. The molecule has 0 aliphatic heterocycles. The highest BCUT2D eigenvalue weighted by molar-refractivity contribution is 5.39. The summed E-state index contributed by atoms with van der Waals surface area (Å²) in [4.78, 5) is 0. The van der Waals surface area contributed by atoms with E-state index in [1.165, 1.54) is 0 Å². The van der Waals surface area contributed by atoms with Crippen LogP contribution in [0.1, 0.15) is 27.7 Å². The average molecular weight is 136 g/mol. The van der Waals surface area contributed by atoms with Crippen molar-refractivity contribution in [3.8, 4) is 0 Å². The van der Waals surface area contributed by atoms with Crippen molar-refractivity contribution < 1.29 is 0 Å². The number of rotatable bonds is 0. The highest BCUT2D eigenvalue weighted by Crippen LogP contribution is 2.59. The Labute approximate surface area is 63.3 Å². The summed E-state index contributed by atoms with van der Waals surface area (Å²) in [5.41, 5.74) is 3.48. The molecule has 2 aliphatic rings. The molecule has 4 unspecified atom stereocenters. The van der Waals surface area contributed by atoms with Crippen molar-refractivity contribution in [3.63, 3.8) is 0 Å². The van der Waals surface area contributed by atoms with Crippen LogP contribution in [0.25, 0.3) is 0 Å². The lowest BCUT2D eigenvalue weighted by Crippen LogP contribution is -2.48. The van der Waals surface area contributed by atoms with Gasteiger partial charge >= 0.3 is 0 Å². The first-order valence-corrected chi connectivity index (χ1v) is 4.35.